The minimum Gasteiger partial charge on any atom is -0.444 e. The van der Waals surface area contributed by atoms with E-state index in [9.17, 15) is 9.18 Å². The van der Waals surface area contributed by atoms with Crippen LogP contribution in [0.4, 0.5) is 9.18 Å². The number of carbonyl (C=O) groups is 1. The zero-order valence-electron chi connectivity index (χ0n) is 16.2. The number of guanidine groups is 1. The maximum Gasteiger partial charge on any atom is 0.410 e. The van der Waals surface area contributed by atoms with Crippen molar-refractivity contribution in [3.63, 3.8) is 0 Å². The fourth-order valence-corrected chi connectivity index (χ4v) is 2.47. The van der Waals surface area contributed by atoms with Crippen LogP contribution in [0.5, 0.6) is 0 Å². The highest BCUT2D eigenvalue weighted by Crippen LogP contribution is 2.15. The Labute approximate surface area is 159 Å². The van der Waals surface area contributed by atoms with Gasteiger partial charge >= 0.3 is 6.09 Å². The molecule has 146 valence electrons. The molecule has 1 heterocycles. The maximum absolute atomic E-state index is 14.0. The average Bonchev–Trinajstić information content (AvgIpc) is 2.54. The summed E-state index contributed by atoms with van der Waals surface area (Å²) in [6.45, 7) is 9.28. The molecule has 0 radical (unpaired) electrons. The normalized spacial score (nSPS) is 15.0. The molecule has 0 aromatic heterocycles. The van der Waals surface area contributed by atoms with Crippen LogP contribution in [0.3, 0.4) is 0 Å². The van der Waals surface area contributed by atoms with Crippen molar-refractivity contribution in [2.24, 2.45) is 4.99 Å². The first kappa shape index (κ1) is 20.5. The van der Waals surface area contributed by atoms with Crippen LogP contribution in [0.1, 0.15) is 38.8 Å². The Kier molecular flexibility index (Phi) is 6.61. The van der Waals surface area contributed by atoms with Gasteiger partial charge in [-0.3, -0.25) is 0 Å². The van der Waals surface area contributed by atoms with Gasteiger partial charge in [0, 0.05) is 25.2 Å². The zero-order valence-corrected chi connectivity index (χ0v) is 16.2. The van der Waals surface area contributed by atoms with E-state index in [2.05, 4.69) is 15.6 Å². The largest absolute Gasteiger partial charge is 0.444 e. The van der Waals surface area contributed by atoms with Crippen molar-refractivity contribution in [1.82, 2.24) is 15.5 Å². The van der Waals surface area contributed by atoms with E-state index < -0.39 is 11.4 Å². The van der Waals surface area contributed by atoms with E-state index >= 15 is 0 Å². The van der Waals surface area contributed by atoms with Crippen molar-refractivity contribution in [2.45, 2.75) is 45.9 Å². The molecule has 0 bridgehead atoms. The summed E-state index contributed by atoms with van der Waals surface area (Å²) in [6.07, 6.45) is -0.331. The summed E-state index contributed by atoms with van der Waals surface area (Å²) >= 11 is 0. The van der Waals surface area contributed by atoms with Crippen molar-refractivity contribution in [1.29, 1.82) is 5.26 Å². The molecule has 1 amide bonds. The minimum atomic E-state index is -0.517. The first-order valence-electron chi connectivity index (χ1n) is 8.93. The van der Waals surface area contributed by atoms with E-state index in [4.69, 9.17) is 10.00 Å². The highest BCUT2D eigenvalue weighted by Gasteiger charge is 2.34. The standard InChI is InChI=1S/C19H26FN5O2/c1-5-22-17(23-10-14-7-6-13(9-21)8-16(14)20)24-15-11-25(12-15)18(26)27-19(2,3)4/h6-8,15H,5,10-12H2,1-4H3,(H2,22,23,24). The van der Waals surface area contributed by atoms with Crippen LogP contribution in [0, 0.1) is 17.1 Å². The molecule has 0 spiro atoms. The summed E-state index contributed by atoms with van der Waals surface area (Å²) < 4.78 is 19.3. The number of nitrogens with one attached hydrogen (secondary N) is 2. The number of carbonyl (C=O) groups excluding carboxylic acids is 1. The lowest BCUT2D eigenvalue weighted by molar-refractivity contribution is 0.00700. The molecular formula is C19H26FN5O2. The van der Waals surface area contributed by atoms with Crippen molar-refractivity contribution >= 4 is 12.1 Å². The first-order valence-corrected chi connectivity index (χ1v) is 8.93. The van der Waals surface area contributed by atoms with Crippen molar-refractivity contribution in [3.05, 3.63) is 35.1 Å². The molecule has 1 saturated heterocycles. The van der Waals surface area contributed by atoms with E-state index in [-0.39, 0.29) is 24.2 Å². The van der Waals surface area contributed by atoms with Crippen LogP contribution in [0.2, 0.25) is 0 Å². The number of amides is 1. The third-order valence-corrected chi connectivity index (χ3v) is 3.81. The Morgan fingerprint density at radius 1 is 1.44 bits per heavy atom. The number of nitrogens with zero attached hydrogens (tertiary/aromatic N) is 3. The summed E-state index contributed by atoms with van der Waals surface area (Å²) in [5.74, 6) is 0.100. The van der Waals surface area contributed by atoms with Crippen LogP contribution in [0.25, 0.3) is 0 Å². The van der Waals surface area contributed by atoms with Gasteiger partial charge in [-0.15, -0.1) is 0 Å². The molecule has 0 saturated carbocycles. The molecule has 1 fully saturated rings. The van der Waals surface area contributed by atoms with Crippen LogP contribution < -0.4 is 10.6 Å². The van der Waals surface area contributed by atoms with Crippen molar-refractivity contribution < 1.29 is 13.9 Å². The van der Waals surface area contributed by atoms with Gasteiger partial charge < -0.3 is 20.3 Å². The molecule has 1 aliphatic heterocycles. The molecule has 1 aromatic carbocycles. The number of benzene rings is 1. The predicted octanol–water partition coefficient (Wildman–Crippen LogP) is 2.37. The quantitative estimate of drug-likeness (QED) is 0.623. The zero-order chi connectivity index (χ0) is 20.0. The molecule has 0 unspecified atom stereocenters. The number of halogens is 1. The molecule has 7 nitrogen and oxygen atoms in total. The summed E-state index contributed by atoms with van der Waals surface area (Å²) in [7, 11) is 0. The minimum absolute atomic E-state index is 0.0566. The smallest absolute Gasteiger partial charge is 0.410 e. The van der Waals surface area contributed by atoms with E-state index in [1.807, 2.05) is 33.8 Å². The van der Waals surface area contributed by atoms with Crippen LogP contribution in [0.15, 0.2) is 23.2 Å². The monoisotopic (exact) mass is 375 g/mol. The fraction of sp³-hybridized carbons (Fsp3) is 0.526. The molecule has 2 N–H and O–H groups in total. The Balaban J connectivity index is 1.90. The van der Waals surface area contributed by atoms with Gasteiger partial charge in [0.05, 0.1) is 24.2 Å². The maximum atomic E-state index is 14.0. The van der Waals surface area contributed by atoms with Crippen LogP contribution >= 0.6 is 0 Å². The van der Waals surface area contributed by atoms with Gasteiger partial charge in [0.2, 0.25) is 0 Å². The summed E-state index contributed by atoms with van der Waals surface area (Å²) in [4.78, 5) is 18.0. The van der Waals surface area contributed by atoms with Gasteiger partial charge in [-0.25, -0.2) is 14.2 Å². The third-order valence-electron chi connectivity index (χ3n) is 3.81. The fourth-order valence-electron chi connectivity index (χ4n) is 2.47. The highest BCUT2D eigenvalue weighted by atomic mass is 19.1. The Morgan fingerprint density at radius 2 is 2.15 bits per heavy atom. The number of hydrogen-bond donors (Lipinski definition) is 2. The Bertz CT molecular complexity index is 745. The van der Waals surface area contributed by atoms with E-state index in [0.29, 0.717) is 31.2 Å². The van der Waals surface area contributed by atoms with Gasteiger partial charge in [0.25, 0.3) is 0 Å². The number of hydrogen-bond acceptors (Lipinski definition) is 4. The molecule has 27 heavy (non-hydrogen) atoms. The molecule has 8 heteroatoms. The Morgan fingerprint density at radius 3 is 2.70 bits per heavy atom. The van der Waals surface area contributed by atoms with Gasteiger partial charge in [0.15, 0.2) is 5.96 Å². The second-order valence-corrected chi connectivity index (χ2v) is 7.34. The summed E-state index contributed by atoms with van der Waals surface area (Å²) in [6, 6.07) is 6.30. The average molecular weight is 375 g/mol. The van der Waals surface area contributed by atoms with Crippen LogP contribution in [-0.4, -0.2) is 48.2 Å². The lowest BCUT2D eigenvalue weighted by Gasteiger charge is -2.40. The number of rotatable bonds is 4. The van der Waals surface area contributed by atoms with Gasteiger partial charge in [0.1, 0.15) is 11.4 Å². The third kappa shape index (κ3) is 6.13. The number of ether oxygens (including phenoxy) is 1. The number of likely N-dealkylation sites (tertiary alicyclic amines) is 1. The number of aliphatic imine (C=N–C) groups is 1. The Hall–Kier alpha value is -2.82. The summed E-state index contributed by atoms with van der Waals surface area (Å²) in [5, 5.41) is 15.1. The molecule has 0 atom stereocenters. The second kappa shape index (κ2) is 8.71. The van der Waals surface area contributed by atoms with Gasteiger partial charge in [-0.1, -0.05) is 6.07 Å². The lowest BCUT2D eigenvalue weighted by Crippen LogP contribution is -2.63. The van der Waals surface area contributed by atoms with E-state index in [1.54, 1.807) is 17.0 Å². The van der Waals surface area contributed by atoms with Gasteiger partial charge in [-0.2, -0.15) is 5.26 Å². The predicted molar refractivity (Wildman–Crippen MR) is 101 cm³/mol. The first-order chi connectivity index (χ1) is 12.7. The second-order valence-electron chi connectivity index (χ2n) is 7.34. The summed E-state index contributed by atoms with van der Waals surface area (Å²) in [5.41, 5.74) is 0.175. The van der Waals surface area contributed by atoms with E-state index in [1.165, 1.54) is 6.07 Å². The van der Waals surface area contributed by atoms with Gasteiger partial charge in [-0.05, 0) is 39.8 Å². The molecule has 1 aromatic rings. The lowest BCUT2D eigenvalue weighted by atomic mass is 10.1. The van der Waals surface area contributed by atoms with Crippen molar-refractivity contribution in [3.8, 4) is 6.07 Å². The SMILES string of the molecule is CCNC(=NCc1ccc(C#N)cc1F)NC1CN(C(=O)OC(C)(C)C)C1. The van der Waals surface area contributed by atoms with Crippen LogP contribution in [-0.2, 0) is 11.3 Å². The molecule has 0 aliphatic carbocycles. The number of nitriles is 1. The van der Waals surface area contributed by atoms with E-state index in [0.717, 1.165) is 0 Å². The topological polar surface area (TPSA) is 89.8 Å². The highest BCUT2D eigenvalue weighted by molar-refractivity contribution is 5.80. The molecule has 1 aliphatic rings. The molecule has 2 rings (SSSR count). The molecular weight excluding hydrogens is 349 g/mol. The van der Waals surface area contributed by atoms with Crippen molar-refractivity contribution in [2.75, 3.05) is 19.6 Å².